The van der Waals surface area contributed by atoms with Gasteiger partial charge in [0.15, 0.2) is 17.3 Å². The molecule has 0 aliphatic rings. The molecule has 6 nitrogen and oxygen atoms in total. The summed E-state index contributed by atoms with van der Waals surface area (Å²) in [5, 5.41) is 8.66. The Morgan fingerprint density at radius 3 is 2.00 bits per heavy atom. The summed E-state index contributed by atoms with van der Waals surface area (Å²) in [6, 6.07) is 10.6. The molecule has 0 unspecified atom stereocenters. The maximum Gasteiger partial charge on any atom is 0.303 e. The van der Waals surface area contributed by atoms with Crippen LogP contribution >= 0.6 is 0 Å². The van der Waals surface area contributed by atoms with E-state index in [4.69, 9.17) is 19.3 Å². The molecule has 0 aromatic heterocycles. The van der Waals surface area contributed by atoms with Crippen molar-refractivity contribution >= 4 is 11.8 Å². The molecule has 0 radical (unpaired) electrons. The van der Waals surface area contributed by atoms with E-state index < -0.39 is 5.97 Å². The number of ether oxygens (including phenoxy) is 3. The molecular formula is C19H20O6. The Hall–Kier alpha value is -3.02. The second-order valence-electron chi connectivity index (χ2n) is 5.28. The van der Waals surface area contributed by atoms with Gasteiger partial charge in [-0.1, -0.05) is 24.3 Å². The molecule has 0 saturated heterocycles. The number of aliphatic carboxylic acids is 1. The standard InChI is InChI=1S/C19H20O6/c1-23-16-10-8-14(18(24-2)19(16)25-3)12-4-6-13(7-5-12)15(20)9-11-17(21)22/h4-8,10H,9,11H2,1-3H3,(H,21,22). The van der Waals surface area contributed by atoms with Crippen molar-refractivity contribution in [1.29, 1.82) is 0 Å². The van der Waals surface area contributed by atoms with Gasteiger partial charge >= 0.3 is 5.97 Å². The predicted octanol–water partition coefficient (Wildman–Crippen LogP) is 3.43. The number of carbonyl (C=O) groups excluding carboxylic acids is 1. The lowest BCUT2D eigenvalue weighted by Crippen LogP contribution is -2.03. The van der Waals surface area contributed by atoms with Gasteiger partial charge in [-0.25, -0.2) is 0 Å². The lowest BCUT2D eigenvalue weighted by molar-refractivity contribution is -0.136. The molecule has 2 aromatic rings. The van der Waals surface area contributed by atoms with Crippen LogP contribution in [0.1, 0.15) is 23.2 Å². The molecule has 0 aliphatic carbocycles. The Morgan fingerprint density at radius 2 is 1.48 bits per heavy atom. The van der Waals surface area contributed by atoms with Gasteiger partial charge < -0.3 is 19.3 Å². The van der Waals surface area contributed by atoms with E-state index in [0.29, 0.717) is 22.8 Å². The number of carbonyl (C=O) groups is 2. The van der Waals surface area contributed by atoms with Crippen LogP contribution in [0.4, 0.5) is 0 Å². The van der Waals surface area contributed by atoms with Gasteiger partial charge in [0, 0.05) is 17.5 Å². The lowest BCUT2D eigenvalue weighted by Gasteiger charge is -2.16. The van der Waals surface area contributed by atoms with Gasteiger partial charge in [-0.3, -0.25) is 9.59 Å². The maximum atomic E-state index is 12.0. The zero-order valence-electron chi connectivity index (χ0n) is 14.4. The monoisotopic (exact) mass is 344 g/mol. The molecule has 0 fully saturated rings. The predicted molar refractivity (Wildman–Crippen MR) is 92.7 cm³/mol. The van der Waals surface area contributed by atoms with E-state index in [1.807, 2.05) is 6.07 Å². The number of hydrogen-bond acceptors (Lipinski definition) is 5. The van der Waals surface area contributed by atoms with Crippen LogP contribution in [0.25, 0.3) is 11.1 Å². The van der Waals surface area contributed by atoms with Gasteiger partial charge in [0.25, 0.3) is 0 Å². The molecule has 0 saturated carbocycles. The first kappa shape index (κ1) is 18.3. The third kappa shape index (κ3) is 4.09. The van der Waals surface area contributed by atoms with E-state index in [1.165, 1.54) is 7.11 Å². The first-order valence-electron chi connectivity index (χ1n) is 7.66. The quantitative estimate of drug-likeness (QED) is 0.739. The van der Waals surface area contributed by atoms with Gasteiger partial charge in [0.1, 0.15) is 0 Å². The molecule has 132 valence electrons. The Labute approximate surface area is 146 Å². The van der Waals surface area contributed by atoms with Crippen LogP contribution < -0.4 is 14.2 Å². The van der Waals surface area contributed by atoms with Crippen LogP contribution in [0.5, 0.6) is 17.2 Å². The zero-order chi connectivity index (χ0) is 18.4. The van der Waals surface area contributed by atoms with Gasteiger partial charge in [-0.05, 0) is 17.7 Å². The molecule has 0 heterocycles. The molecule has 1 N–H and O–H groups in total. The van der Waals surface area contributed by atoms with E-state index in [0.717, 1.165) is 11.1 Å². The Kier molecular flexibility index (Phi) is 6.00. The lowest BCUT2D eigenvalue weighted by atomic mass is 9.99. The van der Waals surface area contributed by atoms with Crippen molar-refractivity contribution < 1.29 is 28.9 Å². The number of benzene rings is 2. The third-order valence-corrected chi connectivity index (χ3v) is 3.79. The van der Waals surface area contributed by atoms with Crippen LogP contribution in [0, 0.1) is 0 Å². The molecule has 0 spiro atoms. The summed E-state index contributed by atoms with van der Waals surface area (Å²) in [6.45, 7) is 0. The van der Waals surface area contributed by atoms with E-state index in [2.05, 4.69) is 0 Å². The van der Waals surface area contributed by atoms with E-state index in [9.17, 15) is 9.59 Å². The topological polar surface area (TPSA) is 82.1 Å². The number of ketones is 1. The highest BCUT2D eigenvalue weighted by atomic mass is 16.5. The Balaban J connectivity index is 2.33. The summed E-state index contributed by atoms with van der Waals surface area (Å²) in [5.74, 6) is 0.396. The summed E-state index contributed by atoms with van der Waals surface area (Å²) in [6.07, 6.45) is -0.196. The summed E-state index contributed by atoms with van der Waals surface area (Å²) in [5.41, 5.74) is 2.11. The minimum Gasteiger partial charge on any atom is -0.493 e. The summed E-state index contributed by atoms with van der Waals surface area (Å²) in [4.78, 5) is 22.5. The first-order chi connectivity index (χ1) is 12.0. The van der Waals surface area contributed by atoms with Gasteiger partial charge in [0.05, 0.1) is 27.8 Å². The van der Waals surface area contributed by atoms with Crippen molar-refractivity contribution in [2.45, 2.75) is 12.8 Å². The highest BCUT2D eigenvalue weighted by molar-refractivity contribution is 5.98. The molecule has 0 atom stereocenters. The minimum absolute atomic E-state index is 0.0195. The normalized spacial score (nSPS) is 10.2. The smallest absolute Gasteiger partial charge is 0.303 e. The fourth-order valence-corrected chi connectivity index (χ4v) is 2.53. The molecule has 25 heavy (non-hydrogen) atoms. The number of carboxylic acids is 1. The largest absolute Gasteiger partial charge is 0.493 e. The molecular weight excluding hydrogens is 324 g/mol. The molecule has 0 aliphatic heterocycles. The summed E-state index contributed by atoms with van der Waals surface area (Å²) in [7, 11) is 4.63. The second kappa shape index (κ2) is 8.19. The fraction of sp³-hybridized carbons (Fsp3) is 0.263. The summed E-state index contributed by atoms with van der Waals surface area (Å²) < 4.78 is 16.1. The van der Waals surface area contributed by atoms with Crippen molar-refractivity contribution in [1.82, 2.24) is 0 Å². The number of methoxy groups -OCH3 is 3. The average Bonchev–Trinajstić information content (AvgIpc) is 2.64. The van der Waals surface area contributed by atoms with Crippen LogP contribution in [0.2, 0.25) is 0 Å². The fourth-order valence-electron chi connectivity index (χ4n) is 2.53. The van der Waals surface area contributed by atoms with Gasteiger partial charge in [-0.15, -0.1) is 0 Å². The van der Waals surface area contributed by atoms with Crippen molar-refractivity contribution in [3.63, 3.8) is 0 Å². The number of carboxylic acid groups (broad SMARTS) is 1. The number of rotatable bonds is 8. The van der Waals surface area contributed by atoms with Crippen molar-refractivity contribution in [2.75, 3.05) is 21.3 Å². The van der Waals surface area contributed by atoms with Crippen LogP contribution in [0.3, 0.4) is 0 Å². The highest BCUT2D eigenvalue weighted by Crippen LogP contribution is 2.44. The van der Waals surface area contributed by atoms with Gasteiger partial charge in [-0.2, -0.15) is 0 Å². The Morgan fingerprint density at radius 1 is 0.840 bits per heavy atom. The Bertz CT molecular complexity index is 764. The van der Waals surface area contributed by atoms with Crippen molar-refractivity contribution in [2.24, 2.45) is 0 Å². The van der Waals surface area contributed by atoms with E-state index >= 15 is 0 Å². The van der Waals surface area contributed by atoms with Crippen molar-refractivity contribution in [3.8, 4) is 28.4 Å². The molecule has 0 amide bonds. The average molecular weight is 344 g/mol. The summed E-state index contributed by atoms with van der Waals surface area (Å²) >= 11 is 0. The molecule has 2 rings (SSSR count). The number of Topliss-reactive ketones (excluding diaryl/α,β-unsaturated/α-hetero) is 1. The zero-order valence-corrected chi connectivity index (χ0v) is 14.4. The van der Waals surface area contributed by atoms with E-state index in [1.54, 1.807) is 44.6 Å². The van der Waals surface area contributed by atoms with Crippen LogP contribution in [-0.4, -0.2) is 38.2 Å². The van der Waals surface area contributed by atoms with Crippen LogP contribution in [0.15, 0.2) is 36.4 Å². The SMILES string of the molecule is COc1ccc(-c2ccc(C(=O)CCC(=O)O)cc2)c(OC)c1OC. The first-order valence-corrected chi connectivity index (χ1v) is 7.66. The second-order valence-corrected chi connectivity index (χ2v) is 5.28. The minimum atomic E-state index is -0.986. The van der Waals surface area contributed by atoms with Gasteiger partial charge in [0.2, 0.25) is 5.75 Å². The van der Waals surface area contributed by atoms with E-state index in [-0.39, 0.29) is 18.6 Å². The van der Waals surface area contributed by atoms with Crippen LogP contribution in [-0.2, 0) is 4.79 Å². The maximum absolute atomic E-state index is 12.0. The molecule has 6 heteroatoms. The molecule has 0 bridgehead atoms. The van der Waals surface area contributed by atoms with Crippen molar-refractivity contribution in [3.05, 3.63) is 42.0 Å². The third-order valence-electron chi connectivity index (χ3n) is 3.79. The number of hydrogen-bond donors (Lipinski definition) is 1. The highest BCUT2D eigenvalue weighted by Gasteiger charge is 2.17. The molecule has 2 aromatic carbocycles.